The number of halogens is 1. The SMILES string of the molecule is Cc1ccc(F)cc1NS(=O)(=O)c1cc(-c2ccnn2C)cs1. The van der Waals surface area contributed by atoms with Crippen molar-refractivity contribution < 1.29 is 12.8 Å². The third-order valence-corrected chi connectivity index (χ3v) is 6.21. The molecule has 0 saturated carbocycles. The molecule has 2 aromatic heterocycles. The lowest BCUT2D eigenvalue weighted by Gasteiger charge is -2.09. The zero-order valence-electron chi connectivity index (χ0n) is 12.4. The van der Waals surface area contributed by atoms with Gasteiger partial charge in [-0.3, -0.25) is 9.40 Å². The summed E-state index contributed by atoms with van der Waals surface area (Å²) in [6.45, 7) is 1.72. The van der Waals surface area contributed by atoms with Crippen LogP contribution in [0, 0.1) is 12.7 Å². The summed E-state index contributed by atoms with van der Waals surface area (Å²) in [4.78, 5) is 0. The minimum absolute atomic E-state index is 0.164. The van der Waals surface area contributed by atoms with Gasteiger partial charge < -0.3 is 0 Å². The van der Waals surface area contributed by atoms with Crippen LogP contribution in [0.2, 0.25) is 0 Å². The second kappa shape index (κ2) is 5.78. The fourth-order valence-corrected chi connectivity index (χ4v) is 4.44. The normalized spacial score (nSPS) is 11.6. The summed E-state index contributed by atoms with van der Waals surface area (Å²) in [6.07, 6.45) is 1.65. The topological polar surface area (TPSA) is 64.0 Å². The first-order valence-electron chi connectivity index (χ1n) is 6.73. The van der Waals surface area contributed by atoms with E-state index in [1.807, 2.05) is 6.07 Å². The number of hydrogen-bond acceptors (Lipinski definition) is 4. The predicted octanol–water partition coefficient (Wildman–Crippen LogP) is 3.40. The third-order valence-electron chi connectivity index (χ3n) is 3.40. The monoisotopic (exact) mass is 351 g/mol. The van der Waals surface area contributed by atoms with Crippen molar-refractivity contribution in [3.05, 3.63) is 53.3 Å². The molecule has 23 heavy (non-hydrogen) atoms. The van der Waals surface area contributed by atoms with Crippen molar-refractivity contribution in [1.29, 1.82) is 0 Å². The number of aromatic nitrogens is 2. The van der Waals surface area contributed by atoms with Crippen molar-refractivity contribution >= 4 is 27.0 Å². The summed E-state index contributed by atoms with van der Waals surface area (Å²) < 4.78 is 42.6. The van der Waals surface area contributed by atoms with Crippen molar-refractivity contribution in [2.75, 3.05) is 4.72 Å². The molecule has 120 valence electrons. The number of sulfonamides is 1. The van der Waals surface area contributed by atoms with Crippen LogP contribution in [0.15, 0.2) is 46.1 Å². The van der Waals surface area contributed by atoms with Crippen LogP contribution in [0.1, 0.15) is 5.56 Å². The molecule has 0 unspecified atom stereocenters. The maximum atomic E-state index is 13.3. The van der Waals surface area contributed by atoms with E-state index in [0.29, 0.717) is 5.56 Å². The van der Waals surface area contributed by atoms with Gasteiger partial charge in [-0.05, 0) is 36.8 Å². The highest BCUT2D eigenvalue weighted by Crippen LogP contribution is 2.30. The summed E-state index contributed by atoms with van der Waals surface area (Å²) in [5.41, 5.74) is 2.48. The highest BCUT2D eigenvalue weighted by atomic mass is 32.2. The maximum absolute atomic E-state index is 13.3. The average Bonchev–Trinajstić information content (AvgIpc) is 3.11. The zero-order valence-corrected chi connectivity index (χ0v) is 14.1. The number of anilines is 1. The number of nitrogens with zero attached hydrogens (tertiary/aromatic N) is 2. The Morgan fingerprint density at radius 2 is 2.04 bits per heavy atom. The Bertz CT molecular complexity index is 961. The highest BCUT2D eigenvalue weighted by Gasteiger charge is 2.19. The molecular weight excluding hydrogens is 337 g/mol. The van der Waals surface area contributed by atoms with Gasteiger partial charge in [0.05, 0.1) is 11.4 Å². The van der Waals surface area contributed by atoms with E-state index >= 15 is 0 Å². The van der Waals surface area contributed by atoms with Crippen LogP contribution in [-0.4, -0.2) is 18.2 Å². The minimum atomic E-state index is -3.76. The van der Waals surface area contributed by atoms with Gasteiger partial charge in [-0.25, -0.2) is 12.8 Å². The second-order valence-electron chi connectivity index (χ2n) is 5.06. The average molecular weight is 351 g/mol. The van der Waals surface area contributed by atoms with Crippen LogP contribution in [-0.2, 0) is 17.1 Å². The molecule has 5 nitrogen and oxygen atoms in total. The Morgan fingerprint density at radius 3 is 2.74 bits per heavy atom. The summed E-state index contributed by atoms with van der Waals surface area (Å²) in [5, 5.41) is 5.82. The molecular formula is C15H14FN3O2S2. The lowest BCUT2D eigenvalue weighted by molar-refractivity contribution is 0.603. The molecule has 2 heterocycles. The number of benzene rings is 1. The number of thiophene rings is 1. The molecule has 0 fully saturated rings. The number of rotatable bonds is 4. The Kier molecular flexibility index (Phi) is 3.95. The van der Waals surface area contributed by atoms with Gasteiger partial charge in [0.25, 0.3) is 10.0 Å². The predicted molar refractivity (Wildman–Crippen MR) is 88.5 cm³/mol. The van der Waals surface area contributed by atoms with E-state index in [9.17, 15) is 12.8 Å². The fourth-order valence-electron chi connectivity index (χ4n) is 2.15. The molecule has 0 spiro atoms. The molecule has 0 radical (unpaired) electrons. The van der Waals surface area contributed by atoms with Crippen LogP contribution >= 0.6 is 11.3 Å². The van der Waals surface area contributed by atoms with Crippen LogP contribution in [0.3, 0.4) is 0 Å². The fraction of sp³-hybridized carbons (Fsp3) is 0.133. The van der Waals surface area contributed by atoms with Gasteiger partial charge in [0, 0.05) is 24.2 Å². The van der Waals surface area contributed by atoms with Gasteiger partial charge in [0.15, 0.2) is 0 Å². The third kappa shape index (κ3) is 3.13. The van der Waals surface area contributed by atoms with Crippen molar-refractivity contribution in [3.63, 3.8) is 0 Å². The van der Waals surface area contributed by atoms with Crippen LogP contribution < -0.4 is 4.72 Å². The molecule has 8 heteroatoms. The molecule has 0 amide bonds. The highest BCUT2D eigenvalue weighted by molar-refractivity contribution is 7.94. The number of hydrogen-bond donors (Lipinski definition) is 1. The quantitative estimate of drug-likeness (QED) is 0.783. The summed E-state index contributed by atoms with van der Waals surface area (Å²) in [7, 11) is -1.98. The van der Waals surface area contributed by atoms with Gasteiger partial charge in [0.1, 0.15) is 10.0 Å². The lowest BCUT2D eigenvalue weighted by Crippen LogP contribution is -2.12. The van der Waals surface area contributed by atoms with Crippen molar-refractivity contribution in [3.8, 4) is 11.3 Å². The zero-order chi connectivity index (χ0) is 16.6. The molecule has 0 saturated heterocycles. The summed E-state index contributed by atoms with van der Waals surface area (Å²) in [5.74, 6) is -0.491. The minimum Gasteiger partial charge on any atom is -0.279 e. The Labute approximate surface area is 137 Å². The van der Waals surface area contributed by atoms with Gasteiger partial charge in [0.2, 0.25) is 0 Å². The van der Waals surface area contributed by atoms with Gasteiger partial charge in [-0.2, -0.15) is 5.10 Å². The van der Waals surface area contributed by atoms with E-state index in [1.54, 1.807) is 36.3 Å². The second-order valence-corrected chi connectivity index (χ2v) is 7.88. The van der Waals surface area contributed by atoms with E-state index in [0.717, 1.165) is 22.6 Å². The van der Waals surface area contributed by atoms with Gasteiger partial charge in [-0.1, -0.05) is 6.07 Å². The van der Waals surface area contributed by atoms with E-state index < -0.39 is 15.8 Å². The standard InChI is InChI=1S/C15H14FN3O2S2/c1-10-3-4-12(16)8-13(10)18-23(20,21)15-7-11(9-22-15)14-5-6-17-19(14)2/h3-9,18H,1-2H3. The lowest BCUT2D eigenvalue weighted by atomic mass is 10.2. The van der Waals surface area contributed by atoms with Gasteiger partial charge >= 0.3 is 0 Å². The summed E-state index contributed by atoms with van der Waals surface area (Å²) >= 11 is 1.11. The molecule has 3 rings (SSSR count). The van der Waals surface area contributed by atoms with E-state index in [-0.39, 0.29) is 9.90 Å². The van der Waals surface area contributed by atoms with Crippen LogP contribution in [0.25, 0.3) is 11.3 Å². The van der Waals surface area contributed by atoms with Gasteiger partial charge in [-0.15, -0.1) is 11.3 Å². The molecule has 0 aliphatic rings. The molecule has 1 N–H and O–H groups in total. The van der Waals surface area contributed by atoms with Crippen LogP contribution in [0.5, 0.6) is 0 Å². The Hall–Kier alpha value is -2.19. The summed E-state index contributed by atoms with van der Waals surface area (Å²) in [6, 6.07) is 7.38. The molecule has 3 aromatic rings. The van der Waals surface area contributed by atoms with Crippen molar-refractivity contribution in [2.24, 2.45) is 7.05 Å². The molecule has 0 bridgehead atoms. The Morgan fingerprint density at radius 1 is 1.26 bits per heavy atom. The van der Waals surface area contributed by atoms with Crippen LogP contribution in [0.4, 0.5) is 10.1 Å². The molecule has 0 aliphatic carbocycles. The number of aryl methyl sites for hydroxylation is 2. The smallest absolute Gasteiger partial charge is 0.271 e. The first kappa shape index (κ1) is 15.7. The van der Waals surface area contributed by atoms with Crippen molar-refractivity contribution in [1.82, 2.24) is 9.78 Å². The van der Waals surface area contributed by atoms with E-state index in [1.165, 1.54) is 18.2 Å². The van der Waals surface area contributed by atoms with E-state index in [2.05, 4.69) is 9.82 Å². The Balaban J connectivity index is 1.93. The molecule has 0 atom stereocenters. The molecule has 1 aromatic carbocycles. The number of nitrogens with one attached hydrogen (secondary N) is 1. The first-order chi connectivity index (χ1) is 10.9. The largest absolute Gasteiger partial charge is 0.279 e. The maximum Gasteiger partial charge on any atom is 0.271 e. The van der Waals surface area contributed by atoms with E-state index in [4.69, 9.17) is 0 Å². The first-order valence-corrected chi connectivity index (χ1v) is 9.09. The molecule has 0 aliphatic heterocycles. The van der Waals surface area contributed by atoms with Crippen molar-refractivity contribution in [2.45, 2.75) is 11.1 Å².